The van der Waals surface area contributed by atoms with Gasteiger partial charge in [-0.05, 0) is 31.1 Å². The topological polar surface area (TPSA) is 107 Å². The van der Waals surface area contributed by atoms with E-state index in [1.54, 1.807) is 22.5 Å². The zero-order chi connectivity index (χ0) is 18.3. The van der Waals surface area contributed by atoms with Crippen LogP contribution in [0.3, 0.4) is 0 Å². The zero-order valence-electron chi connectivity index (χ0n) is 14.2. The third-order valence-electron chi connectivity index (χ3n) is 4.44. The molecule has 0 bridgehead atoms. The molecule has 26 heavy (non-hydrogen) atoms. The third kappa shape index (κ3) is 3.79. The summed E-state index contributed by atoms with van der Waals surface area (Å²) < 4.78 is 26.2. The Morgan fingerprint density at radius 2 is 2.19 bits per heavy atom. The summed E-state index contributed by atoms with van der Waals surface area (Å²) in [7, 11) is -3.01. The van der Waals surface area contributed by atoms with Gasteiger partial charge in [-0.15, -0.1) is 10.2 Å². The maximum atomic E-state index is 12.6. The fraction of sp³-hybridized carbons (Fsp3) is 0.600. The van der Waals surface area contributed by atoms with Gasteiger partial charge in [0.05, 0.1) is 17.5 Å². The van der Waals surface area contributed by atoms with E-state index in [0.29, 0.717) is 23.2 Å². The van der Waals surface area contributed by atoms with Gasteiger partial charge in [0.15, 0.2) is 19.9 Å². The Kier molecular flexibility index (Phi) is 4.78. The zero-order valence-corrected chi connectivity index (χ0v) is 16.7. The molecule has 1 saturated carbocycles. The number of thioether (sulfide) groups is 1. The predicted molar refractivity (Wildman–Crippen MR) is 101 cm³/mol. The van der Waals surface area contributed by atoms with E-state index in [1.165, 1.54) is 11.3 Å². The summed E-state index contributed by atoms with van der Waals surface area (Å²) in [6.45, 7) is 2.03. The first-order chi connectivity index (χ1) is 12.4. The van der Waals surface area contributed by atoms with Crippen LogP contribution < -0.4 is 5.32 Å². The van der Waals surface area contributed by atoms with Gasteiger partial charge in [0.2, 0.25) is 5.13 Å². The molecule has 2 aliphatic rings. The van der Waals surface area contributed by atoms with Crippen molar-refractivity contribution in [3.63, 3.8) is 0 Å². The number of sulfone groups is 1. The monoisotopic (exact) mass is 413 g/mol. The second kappa shape index (κ2) is 6.93. The van der Waals surface area contributed by atoms with Gasteiger partial charge in [-0.2, -0.15) is 5.10 Å². The molecule has 2 fully saturated rings. The number of nitrogens with one attached hydrogen (secondary N) is 1. The first-order valence-electron chi connectivity index (χ1n) is 8.52. The largest absolute Gasteiger partial charge is 0.295 e. The second-order valence-electron chi connectivity index (χ2n) is 6.49. The molecule has 8 nitrogen and oxygen atoms in total. The molecule has 1 unspecified atom stereocenters. The molecule has 1 aliphatic carbocycles. The number of anilines is 1. The van der Waals surface area contributed by atoms with E-state index in [2.05, 4.69) is 20.6 Å². The normalized spacial score (nSPS) is 21.8. The van der Waals surface area contributed by atoms with Crippen molar-refractivity contribution in [1.82, 2.24) is 20.0 Å². The van der Waals surface area contributed by atoms with Crippen molar-refractivity contribution in [3.8, 4) is 0 Å². The minimum absolute atomic E-state index is 0.101. The lowest BCUT2D eigenvalue weighted by atomic mass is 10.2. The number of rotatable bonds is 6. The van der Waals surface area contributed by atoms with Crippen molar-refractivity contribution in [3.05, 3.63) is 17.5 Å². The van der Waals surface area contributed by atoms with E-state index >= 15 is 0 Å². The number of hydrogen-bond acceptors (Lipinski definition) is 8. The van der Waals surface area contributed by atoms with Crippen molar-refractivity contribution >= 4 is 44.0 Å². The van der Waals surface area contributed by atoms with Crippen LogP contribution in [0.1, 0.15) is 54.3 Å². The molecule has 11 heteroatoms. The summed E-state index contributed by atoms with van der Waals surface area (Å²) in [5.41, 5.74) is 1.27. The van der Waals surface area contributed by atoms with E-state index in [1.807, 2.05) is 6.92 Å². The lowest BCUT2D eigenvalue weighted by Gasteiger charge is -2.12. The summed E-state index contributed by atoms with van der Waals surface area (Å²) >= 11 is 2.90. The summed E-state index contributed by atoms with van der Waals surface area (Å²) in [5, 5.41) is 15.6. The molecule has 0 spiro atoms. The first kappa shape index (κ1) is 17.9. The molecule has 1 aliphatic heterocycles. The average molecular weight is 414 g/mol. The Labute approximate surface area is 159 Å². The van der Waals surface area contributed by atoms with Gasteiger partial charge >= 0.3 is 0 Å². The van der Waals surface area contributed by atoms with Crippen LogP contribution in [-0.2, 0) is 9.84 Å². The molecule has 140 valence electrons. The van der Waals surface area contributed by atoms with Crippen molar-refractivity contribution in [2.24, 2.45) is 0 Å². The standard InChI is InChI=1S/C15H19N5O3S3/c1-2-24-15-18-17-14(25-15)16-13(21)11-7-12(9-3-4-9)20(19-11)10-5-6-26(22,23)8-10/h7,9-10H,2-6,8H2,1H3,(H,16,17,21). The van der Waals surface area contributed by atoms with Gasteiger partial charge in [-0.1, -0.05) is 30.0 Å². The first-order valence-corrected chi connectivity index (χ1v) is 12.1. The minimum atomic E-state index is -3.01. The number of carbonyl (C=O) groups excluding carboxylic acids is 1. The SMILES string of the molecule is CCSc1nnc(NC(=O)c2cc(C3CC3)n(C3CCS(=O)(=O)C3)n2)s1. The summed E-state index contributed by atoms with van der Waals surface area (Å²) in [6, 6.07) is 1.62. The number of carbonyl (C=O) groups is 1. The molecular weight excluding hydrogens is 394 g/mol. The van der Waals surface area contributed by atoms with Crippen molar-refractivity contribution in [1.29, 1.82) is 0 Å². The highest BCUT2D eigenvalue weighted by Crippen LogP contribution is 2.42. The van der Waals surface area contributed by atoms with Crippen molar-refractivity contribution < 1.29 is 13.2 Å². The van der Waals surface area contributed by atoms with Gasteiger partial charge in [0.1, 0.15) is 0 Å². The lowest BCUT2D eigenvalue weighted by Crippen LogP contribution is -2.17. The Morgan fingerprint density at radius 3 is 2.85 bits per heavy atom. The van der Waals surface area contributed by atoms with Crippen molar-refractivity contribution in [2.45, 2.75) is 42.5 Å². The van der Waals surface area contributed by atoms with Gasteiger partial charge in [0, 0.05) is 11.6 Å². The highest BCUT2D eigenvalue weighted by Gasteiger charge is 2.36. The second-order valence-corrected chi connectivity index (χ2v) is 11.2. The molecule has 0 radical (unpaired) electrons. The molecule has 2 aromatic rings. The fourth-order valence-corrected chi connectivity index (χ4v) is 6.40. The van der Waals surface area contributed by atoms with E-state index in [0.717, 1.165) is 28.6 Å². The van der Waals surface area contributed by atoms with Crippen LogP contribution in [0.4, 0.5) is 5.13 Å². The van der Waals surface area contributed by atoms with Crippen LogP contribution in [0.25, 0.3) is 0 Å². The van der Waals surface area contributed by atoms with E-state index in [9.17, 15) is 13.2 Å². The van der Waals surface area contributed by atoms with Gasteiger partial charge in [0.25, 0.3) is 5.91 Å². The van der Waals surface area contributed by atoms with Gasteiger partial charge in [-0.25, -0.2) is 8.42 Å². The Hall–Kier alpha value is -1.46. The highest BCUT2D eigenvalue weighted by molar-refractivity contribution is 8.01. The van der Waals surface area contributed by atoms with Crippen LogP contribution in [-0.4, -0.2) is 51.6 Å². The molecule has 0 aromatic carbocycles. The van der Waals surface area contributed by atoms with E-state index in [4.69, 9.17) is 0 Å². The van der Waals surface area contributed by atoms with Gasteiger partial charge in [-0.3, -0.25) is 14.8 Å². The quantitative estimate of drug-likeness (QED) is 0.572. The molecular formula is C15H19N5O3S3. The van der Waals surface area contributed by atoms with Crippen molar-refractivity contribution in [2.75, 3.05) is 22.6 Å². The average Bonchev–Trinajstić information content (AvgIpc) is 3.01. The maximum Gasteiger partial charge on any atom is 0.277 e. The highest BCUT2D eigenvalue weighted by atomic mass is 32.2. The Morgan fingerprint density at radius 1 is 1.38 bits per heavy atom. The van der Waals surface area contributed by atoms with E-state index in [-0.39, 0.29) is 23.5 Å². The predicted octanol–water partition coefficient (Wildman–Crippen LogP) is 2.34. The molecule has 1 N–H and O–H groups in total. The lowest BCUT2D eigenvalue weighted by molar-refractivity contribution is 0.102. The molecule has 4 rings (SSSR count). The summed E-state index contributed by atoms with van der Waals surface area (Å²) in [6.07, 6.45) is 2.67. The molecule has 3 heterocycles. The Balaban J connectivity index is 1.54. The maximum absolute atomic E-state index is 12.6. The molecule has 1 atom stereocenters. The van der Waals surface area contributed by atoms with Crippen LogP contribution in [0.15, 0.2) is 10.4 Å². The molecule has 2 aromatic heterocycles. The minimum Gasteiger partial charge on any atom is -0.295 e. The fourth-order valence-electron chi connectivity index (χ4n) is 3.07. The number of nitrogens with zero attached hydrogens (tertiary/aromatic N) is 4. The van der Waals surface area contributed by atoms with E-state index < -0.39 is 9.84 Å². The van der Waals surface area contributed by atoms with Crippen LogP contribution in [0.2, 0.25) is 0 Å². The molecule has 1 amide bonds. The van der Waals surface area contributed by atoms with Gasteiger partial charge < -0.3 is 0 Å². The Bertz CT molecular complexity index is 932. The van der Waals surface area contributed by atoms with Crippen LogP contribution >= 0.6 is 23.1 Å². The summed E-state index contributed by atoms with van der Waals surface area (Å²) in [5.74, 6) is 1.22. The molecule has 1 saturated heterocycles. The van der Waals surface area contributed by atoms with Crippen LogP contribution in [0, 0.1) is 0 Å². The third-order valence-corrected chi connectivity index (χ3v) is 8.05. The number of hydrogen-bond donors (Lipinski definition) is 1. The summed E-state index contributed by atoms with van der Waals surface area (Å²) in [4.78, 5) is 12.6. The number of aromatic nitrogens is 4. The van der Waals surface area contributed by atoms with Crippen LogP contribution in [0.5, 0.6) is 0 Å². The number of amides is 1. The smallest absolute Gasteiger partial charge is 0.277 e.